The van der Waals surface area contributed by atoms with Gasteiger partial charge in [0.2, 0.25) is 5.91 Å². The van der Waals surface area contributed by atoms with Crippen LogP contribution in [0.3, 0.4) is 0 Å². The summed E-state index contributed by atoms with van der Waals surface area (Å²) >= 11 is 0. The Morgan fingerprint density at radius 2 is 1.77 bits per heavy atom. The van der Waals surface area contributed by atoms with Crippen LogP contribution in [0.15, 0.2) is 42.5 Å². The number of hydrogen-bond donors (Lipinski definition) is 1. The highest BCUT2D eigenvalue weighted by Gasteiger charge is 2.28. The van der Waals surface area contributed by atoms with Gasteiger partial charge in [-0.05, 0) is 68.9 Å². The van der Waals surface area contributed by atoms with Crippen molar-refractivity contribution < 1.29 is 14.3 Å². The molecule has 5 heteroatoms. The number of rotatable bonds is 8. The second kappa shape index (κ2) is 10.5. The smallest absolute Gasteiger partial charge is 0.261 e. The van der Waals surface area contributed by atoms with E-state index in [0.29, 0.717) is 12.3 Å². The Bertz CT molecular complexity index is 904. The number of ether oxygens (including phenoxy) is 1. The second-order valence-electron chi connectivity index (χ2n) is 8.67. The molecule has 1 N–H and O–H groups in total. The number of hydrogen-bond acceptors (Lipinski definition) is 3. The van der Waals surface area contributed by atoms with Gasteiger partial charge in [0, 0.05) is 12.6 Å². The van der Waals surface area contributed by atoms with Crippen molar-refractivity contribution in [3.63, 3.8) is 0 Å². The van der Waals surface area contributed by atoms with Crippen LogP contribution in [0, 0.1) is 20.8 Å². The average molecular weight is 423 g/mol. The summed E-state index contributed by atoms with van der Waals surface area (Å²) in [4.78, 5) is 27.7. The van der Waals surface area contributed by atoms with Crippen molar-refractivity contribution >= 4 is 11.8 Å². The van der Waals surface area contributed by atoms with Crippen molar-refractivity contribution in [3.8, 4) is 5.75 Å². The minimum Gasteiger partial charge on any atom is -0.483 e. The molecule has 3 rings (SSSR count). The van der Waals surface area contributed by atoms with E-state index in [1.807, 2.05) is 57.2 Å². The molecule has 0 saturated heterocycles. The van der Waals surface area contributed by atoms with Crippen LogP contribution in [0.25, 0.3) is 0 Å². The summed E-state index contributed by atoms with van der Waals surface area (Å²) < 4.78 is 5.92. The summed E-state index contributed by atoms with van der Waals surface area (Å²) in [6.07, 6.45) is 4.32. The monoisotopic (exact) mass is 422 g/mol. The Morgan fingerprint density at radius 3 is 2.45 bits per heavy atom. The van der Waals surface area contributed by atoms with Crippen molar-refractivity contribution in [2.45, 2.75) is 72.0 Å². The van der Waals surface area contributed by atoms with Gasteiger partial charge in [-0.3, -0.25) is 9.59 Å². The van der Waals surface area contributed by atoms with Gasteiger partial charge in [0.15, 0.2) is 6.61 Å². The van der Waals surface area contributed by atoms with E-state index in [-0.39, 0.29) is 24.5 Å². The first-order valence-electron chi connectivity index (χ1n) is 11.2. The first-order chi connectivity index (χ1) is 14.8. The van der Waals surface area contributed by atoms with E-state index < -0.39 is 6.04 Å². The van der Waals surface area contributed by atoms with E-state index in [1.165, 1.54) is 0 Å². The third-order valence-electron chi connectivity index (χ3n) is 6.18. The van der Waals surface area contributed by atoms with Gasteiger partial charge in [-0.2, -0.15) is 0 Å². The van der Waals surface area contributed by atoms with Crippen molar-refractivity contribution in [1.82, 2.24) is 10.2 Å². The molecule has 2 aromatic rings. The molecule has 0 spiro atoms. The quantitative estimate of drug-likeness (QED) is 0.683. The highest BCUT2D eigenvalue weighted by molar-refractivity contribution is 5.88. The third-order valence-corrected chi connectivity index (χ3v) is 6.18. The molecule has 0 aromatic heterocycles. The average Bonchev–Trinajstić information content (AvgIpc) is 3.26. The van der Waals surface area contributed by atoms with Crippen molar-refractivity contribution in [2.24, 2.45) is 0 Å². The van der Waals surface area contributed by atoms with Crippen LogP contribution in [0.1, 0.15) is 54.9 Å². The molecule has 1 atom stereocenters. The van der Waals surface area contributed by atoms with Crippen LogP contribution in [0.2, 0.25) is 0 Å². The van der Waals surface area contributed by atoms with Gasteiger partial charge in [0.05, 0.1) is 0 Å². The molecule has 166 valence electrons. The maximum atomic E-state index is 13.2. The molecule has 0 bridgehead atoms. The van der Waals surface area contributed by atoms with Gasteiger partial charge < -0.3 is 15.0 Å². The Balaban J connectivity index is 1.73. The van der Waals surface area contributed by atoms with Crippen molar-refractivity contribution in [3.05, 3.63) is 64.7 Å². The lowest BCUT2D eigenvalue weighted by Gasteiger charge is -2.29. The first kappa shape index (κ1) is 22.9. The molecule has 0 unspecified atom stereocenters. The van der Waals surface area contributed by atoms with Crippen LogP contribution < -0.4 is 10.1 Å². The Morgan fingerprint density at radius 1 is 1.10 bits per heavy atom. The molecule has 0 radical (unpaired) electrons. The summed E-state index contributed by atoms with van der Waals surface area (Å²) in [5.74, 6) is 0.420. The van der Waals surface area contributed by atoms with Crippen molar-refractivity contribution in [2.75, 3.05) is 6.61 Å². The van der Waals surface area contributed by atoms with E-state index in [1.54, 1.807) is 11.8 Å². The summed E-state index contributed by atoms with van der Waals surface area (Å²) in [6, 6.07) is 13.5. The molecular formula is C26H34N2O3. The molecule has 2 amide bonds. The maximum Gasteiger partial charge on any atom is 0.261 e. The van der Waals surface area contributed by atoms with Crippen LogP contribution >= 0.6 is 0 Å². The minimum absolute atomic E-state index is 0.0984. The van der Waals surface area contributed by atoms with Gasteiger partial charge in [0.25, 0.3) is 5.91 Å². The SMILES string of the molecule is Cc1cc(C)c(C)c(OCC(=O)N(Cc2ccccc2)[C@@H](C)C(=O)NC2CCCC2)c1. The highest BCUT2D eigenvalue weighted by Crippen LogP contribution is 2.24. The van der Waals surface area contributed by atoms with Crippen LogP contribution in [-0.4, -0.2) is 35.4 Å². The molecule has 0 aliphatic heterocycles. The largest absolute Gasteiger partial charge is 0.483 e. The lowest BCUT2D eigenvalue weighted by molar-refractivity contribution is -0.142. The van der Waals surface area contributed by atoms with Crippen LogP contribution in [0.5, 0.6) is 5.75 Å². The van der Waals surface area contributed by atoms with Gasteiger partial charge in [-0.15, -0.1) is 0 Å². The zero-order valence-corrected chi connectivity index (χ0v) is 19.1. The molecule has 2 aromatic carbocycles. The summed E-state index contributed by atoms with van der Waals surface area (Å²) in [5, 5.41) is 3.12. The predicted molar refractivity (Wildman–Crippen MR) is 123 cm³/mol. The zero-order valence-electron chi connectivity index (χ0n) is 19.1. The Hall–Kier alpha value is -2.82. The second-order valence-corrected chi connectivity index (χ2v) is 8.67. The molecule has 1 fully saturated rings. The van der Waals surface area contributed by atoms with Crippen LogP contribution in [-0.2, 0) is 16.1 Å². The van der Waals surface area contributed by atoms with E-state index in [9.17, 15) is 9.59 Å². The molecule has 1 saturated carbocycles. The molecule has 31 heavy (non-hydrogen) atoms. The van der Waals surface area contributed by atoms with E-state index >= 15 is 0 Å². The number of carbonyl (C=O) groups is 2. The molecule has 5 nitrogen and oxygen atoms in total. The predicted octanol–water partition coefficient (Wildman–Crippen LogP) is 4.47. The number of amides is 2. The first-order valence-corrected chi connectivity index (χ1v) is 11.2. The number of aryl methyl sites for hydroxylation is 2. The van der Waals surface area contributed by atoms with E-state index in [0.717, 1.165) is 47.9 Å². The topological polar surface area (TPSA) is 58.6 Å². The minimum atomic E-state index is -0.572. The fourth-order valence-corrected chi connectivity index (χ4v) is 4.13. The van der Waals surface area contributed by atoms with Gasteiger partial charge in [-0.25, -0.2) is 0 Å². The molecular weight excluding hydrogens is 388 g/mol. The fraction of sp³-hybridized carbons (Fsp3) is 0.462. The van der Waals surface area contributed by atoms with E-state index in [4.69, 9.17) is 4.74 Å². The van der Waals surface area contributed by atoms with Gasteiger partial charge in [-0.1, -0.05) is 49.2 Å². The van der Waals surface area contributed by atoms with E-state index in [2.05, 4.69) is 11.4 Å². The summed E-state index contributed by atoms with van der Waals surface area (Å²) in [5.41, 5.74) is 4.24. The lowest BCUT2D eigenvalue weighted by atomic mass is 10.1. The summed E-state index contributed by atoms with van der Waals surface area (Å²) in [6.45, 7) is 8.11. The normalized spacial score (nSPS) is 14.8. The Labute approximate surface area is 185 Å². The fourth-order valence-electron chi connectivity index (χ4n) is 4.13. The lowest BCUT2D eigenvalue weighted by Crippen LogP contribution is -2.50. The molecule has 0 heterocycles. The molecule has 1 aliphatic carbocycles. The maximum absolute atomic E-state index is 13.2. The summed E-state index contributed by atoms with van der Waals surface area (Å²) in [7, 11) is 0. The third kappa shape index (κ3) is 6.09. The van der Waals surface area contributed by atoms with Crippen molar-refractivity contribution in [1.29, 1.82) is 0 Å². The number of nitrogens with one attached hydrogen (secondary N) is 1. The Kier molecular flexibility index (Phi) is 7.72. The number of carbonyl (C=O) groups excluding carboxylic acids is 2. The molecule has 1 aliphatic rings. The van der Waals surface area contributed by atoms with Gasteiger partial charge >= 0.3 is 0 Å². The number of benzene rings is 2. The highest BCUT2D eigenvalue weighted by atomic mass is 16.5. The van der Waals surface area contributed by atoms with Crippen LogP contribution in [0.4, 0.5) is 0 Å². The zero-order chi connectivity index (χ0) is 22.4. The van der Waals surface area contributed by atoms with Gasteiger partial charge in [0.1, 0.15) is 11.8 Å². The standard InChI is InChI=1S/C26H34N2O3/c1-18-14-19(2)20(3)24(15-18)31-17-25(29)28(16-22-10-6-5-7-11-22)21(4)26(30)27-23-12-8-9-13-23/h5-7,10-11,14-15,21,23H,8-9,12-13,16-17H2,1-4H3,(H,27,30)/t21-/m0/s1. The number of nitrogens with zero attached hydrogens (tertiary/aromatic N) is 1.